The van der Waals surface area contributed by atoms with E-state index in [4.69, 9.17) is 9.47 Å². The predicted octanol–water partition coefficient (Wildman–Crippen LogP) is 6.32. The number of benzene rings is 2. The average Bonchev–Trinajstić information content (AvgIpc) is 2.73. The summed E-state index contributed by atoms with van der Waals surface area (Å²) in [4.78, 5) is 24.2. The lowest BCUT2D eigenvalue weighted by Crippen LogP contribution is -2.04. The molecule has 4 heteroatoms. The average molecular weight is 392 g/mol. The van der Waals surface area contributed by atoms with Gasteiger partial charge in [0, 0.05) is 0 Å². The topological polar surface area (TPSA) is 52.6 Å². The first-order chi connectivity index (χ1) is 13.9. The van der Waals surface area contributed by atoms with Crippen LogP contribution in [0, 0.1) is 13.8 Å². The van der Waals surface area contributed by atoms with E-state index in [1.807, 2.05) is 52.0 Å². The van der Waals surface area contributed by atoms with Crippen LogP contribution in [-0.2, 0) is 9.47 Å². The Labute approximate surface area is 173 Å². The van der Waals surface area contributed by atoms with Crippen LogP contribution in [0.3, 0.4) is 0 Å². The Morgan fingerprint density at radius 1 is 0.759 bits per heavy atom. The van der Waals surface area contributed by atoms with Crippen molar-refractivity contribution in [2.45, 2.75) is 34.6 Å². The highest BCUT2D eigenvalue weighted by Gasteiger charge is 2.09. The zero-order chi connectivity index (χ0) is 21.8. The summed E-state index contributed by atoms with van der Waals surface area (Å²) >= 11 is 0. The lowest BCUT2D eigenvalue weighted by Gasteiger charge is -2.06. The first-order valence-electron chi connectivity index (χ1n) is 9.48. The third kappa shape index (κ3) is 8.01. The minimum absolute atomic E-state index is 0.256. The van der Waals surface area contributed by atoms with Crippen LogP contribution < -0.4 is 0 Å². The minimum atomic E-state index is -0.483. The quantitative estimate of drug-likeness (QED) is 0.328. The molecular formula is C25H28O4. The molecule has 0 aromatic heterocycles. The first kappa shape index (κ1) is 23.6. The first-order valence-corrected chi connectivity index (χ1v) is 9.48. The molecule has 0 fully saturated rings. The van der Waals surface area contributed by atoms with Crippen molar-refractivity contribution >= 4 is 11.9 Å². The standard InChI is InChI=1S/C23H22O4.C2H6/c1-5-21(27-23(25)20-13-8-17(3)9-14-20)15-10-18(4)26-22(24)19-11-6-16(2)7-12-19;1-2/h5-15H,1H2,2-4H3;1-2H3/b18-10+,21-15+;. The normalized spacial score (nSPS) is 11.1. The number of hydrogen-bond acceptors (Lipinski definition) is 4. The maximum Gasteiger partial charge on any atom is 0.343 e. The van der Waals surface area contributed by atoms with Gasteiger partial charge < -0.3 is 9.47 Å². The minimum Gasteiger partial charge on any atom is -0.428 e. The van der Waals surface area contributed by atoms with Gasteiger partial charge in [0.15, 0.2) is 0 Å². The molecule has 0 aliphatic heterocycles. The number of hydrogen-bond donors (Lipinski definition) is 0. The second kappa shape index (κ2) is 12.1. The number of carbonyl (C=O) groups excluding carboxylic acids is 2. The van der Waals surface area contributed by atoms with Crippen molar-refractivity contribution in [3.63, 3.8) is 0 Å². The van der Waals surface area contributed by atoms with Crippen LogP contribution in [0.2, 0.25) is 0 Å². The molecule has 0 atom stereocenters. The van der Waals surface area contributed by atoms with Gasteiger partial charge in [0.05, 0.1) is 11.1 Å². The second-order valence-electron chi connectivity index (χ2n) is 6.06. The van der Waals surface area contributed by atoms with Gasteiger partial charge >= 0.3 is 11.9 Å². The molecule has 0 amide bonds. The van der Waals surface area contributed by atoms with E-state index >= 15 is 0 Å². The highest BCUT2D eigenvalue weighted by molar-refractivity contribution is 5.90. The highest BCUT2D eigenvalue weighted by atomic mass is 16.5. The van der Waals surface area contributed by atoms with E-state index in [-0.39, 0.29) is 5.76 Å². The molecule has 0 spiro atoms. The molecule has 0 saturated carbocycles. The van der Waals surface area contributed by atoms with Gasteiger partial charge in [0.1, 0.15) is 11.5 Å². The molecular weight excluding hydrogens is 364 g/mol. The van der Waals surface area contributed by atoms with E-state index in [9.17, 15) is 9.59 Å². The van der Waals surface area contributed by atoms with Crippen molar-refractivity contribution in [3.05, 3.63) is 107 Å². The van der Waals surface area contributed by atoms with Crippen molar-refractivity contribution in [1.29, 1.82) is 0 Å². The van der Waals surface area contributed by atoms with Crippen molar-refractivity contribution in [3.8, 4) is 0 Å². The number of carbonyl (C=O) groups is 2. The molecule has 2 aromatic rings. The Morgan fingerprint density at radius 3 is 1.59 bits per heavy atom. The number of esters is 2. The third-order valence-corrected chi connectivity index (χ3v) is 3.72. The lowest BCUT2D eigenvalue weighted by molar-refractivity contribution is 0.0616. The highest BCUT2D eigenvalue weighted by Crippen LogP contribution is 2.11. The van der Waals surface area contributed by atoms with Gasteiger partial charge in [-0.3, -0.25) is 0 Å². The van der Waals surface area contributed by atoms with E-state index < -0.39 is 11.9 Å². The fraction of sp³-hybridized carbons (Fsp3) is 0.200. The molecule has 0 radical (unpaired) electrons. The van der Waals surface area contributed by atoms with Gasteiger partial charge in [0.25, 0.3) is 0 Å². The van der Waals surface area contributed by atoms with Crippen LogP contribution in [-0.4, -0.2) is 11.9 Å². The van der Waals surface area contributed by atoms with Gasteiger partial charge in [-0.05, 0) is 63.3 Å². The zero-order valence-corrected chi connectivity index (χ0v) is 17.7. The molecule has 0 saturated heterocycles. The van der Waals surface area contributed by atoms with E-state index in [0.29, 0.717) is 16.9 Å². The Kier molecular flexibility index (Phi) is 9.89. The smallest absolute Gasteiger partial charge is 0.343 e. The van der Waals surface area contributed by atoms with Crippen LogP contribution in [0.25, 0.3) is 0 Å². The third-order valence-electron chi connectivity index (χ3n) is 3.72. The SMILES string of the molecule is C=C/C(=C\C=C(/C)OC(=O)c1ccc(C)cc1)OC(=O)c1ccc(C)cc1.CC. The molecule has 0 bridgehead atoms. The van der Waals surface area contributed by atoms with Crippen LogP contribution in [0.1, 0.15) is 52.6 Å². The second-order valence-corrected chi connectivity index (χ2v) is 6.06. The van der Waals surface area contributed by atoms with E-state index in [1.165, 1.54) is 12.2 Å². The monoisotopic (exact) mass is 392 g/mol. The van der Waals surface area contributed by atoms with Crippen molar-refractivity contribution in [2.75, 3.05) is 0 Å². The Hall–Kier alpha value is -3.40. The Bertz CT molecular complexity index is 885. The summed E-state index contributed by atoms with van der Waals surface area (Å²) in [6, 6.07) is 14.2. The van der Waals surface area contributed by atoms with Crippen molar-refractivity contribution in [1.82, 2.24) is 0 Å². The predicted molar refractivity (Wildman–Crippen MR) is 117 cm³/mol. The van der Waals surface area contributed by atoms with Gasteiger partial charge in [-0.2, -0.15) is 0 Å². The molecule has 0 unspecified atom stereocenters. The molecule has 2 rings (SSSR count). The molecule has 152 valence electrons. The maximum atomic E-state index is 12.1. The molecule has 0 aliphatic carbocycles. The number of allylic oxidation sites excluding steroid dienone is 4. The molecule has 0 aliphatic rings. The molecule has 4 nitrogen and oxygen atoms in total. The summed E-state index contributed by atoms with van der Waals surface area (Å²) in [5.74, 6) is -0.310. The van der Waals surface area contributed by atoms with Gasteiger partial charge in [-0.1, -0.05) is 55.8 Å². The van der Waals surface area contributed by atoms with E-state index in [0.717, 1.165) is 11.1 Å². The van der Waals surface area contributed by atoms with E-state index in [2.05, 4.69) is 6.58 Å². The van der Waals surface area contributed by atoms with Crippen LogP contribution in [0.15, 0.2) is 84.9 Å². The number of ether oxygens (including phenoxy) is 2. The van der Waals surface area contributed by atoms with Crippen molar-refractivity contribution < 1.29 is 19.1 Å². The van der Waals surface area contributed by atoms with Crippen LogP contribution in [0.4, 0.5) is 0 Å². The zero-order valence-electron chi connectivity index (χ0n) is 17.7. The largest absolute Gasteiger partial charge is 0.428 e. The molecule has 0 N–H and O–H groups in total. The number of rotatable bonds is 6. The van der Waals surface area contributed by atoms with Gasteiger partial charge in [-0.15, -0.1) is 0 Å². The van der Waals surface area contributed by atoms with Crippen molar-refractivity contribution in [2.24, 2.45) is 0 Å². The summed E-state index contributed by atoms with van der Waals surface area (Å²) in [6.45, 7) is 13.2. The van der Waals surface area contributed by atoms with Gasteiger partial charge in [-0.25, -0.2) is 9.59 Å². The Morgan fingerprint density at radius 2 is 1.17 bits per heavy atom. The summed E-state index contributed by atoms with van der Waals surface area (Å²) in [7, 11) is 0. The maximum absolute atomic E-state index is 12.1. The lowest BCUT2D eigenvalue weighted by atomic mass is 10.1. The van der Waals surface area contributed by atoms with E-state index in [1.54, 1.807) is 37.3 Å². The molecule has 29 heavy (non-hydrogen) atoms. The summed E-state index contributed by atoms with van der Waals surface area (Å²) in [5, 5.41) is 0. The summed E-state index contributed by atoms with van der Waals surface area (Å²) in [5.41, 5.74) is 3.03. The van der Waals surface area contributed by atoms with Gasteiger partial charge in [0.2, 0.25) is 0 Å². The molecule has 2 aromatic carbocycles. The fourth-order valence-electron chi connectivity index (χ4n) is 2.13. The number of aryl methyl sites for hydroxylation is 2. The summed E-state index contributed by atoms with van der Waals surface area (Å²) < 4.78 is 10.6. The molecule has 0 heterocycles. The fourth-order valence-corrected chi connectivity index (χ4v) is 2.13. The van der Waals surface area contributed by atoms with Crippen LogP contribution in [0.5, 0.6) is 0 Å². The Balaban J connectivity index is 0.00000204. The van der Waals surface area contributed by atoms with Crippen LogP contribution >= 0.6 is 0 Å². The summed E-state index contributed by atoms with van der Waals surface area (Å²) in [6.07, 6.45) is 4.49.